The van der Waals surface area contributed by atoms with Crippen LogP contribution in [0.3, 0.4) is 0 Å². The number of nitriles is 1. The Labute approximate surface area is 160 Å². The van der Waals surface area contributed by atoms with E-state index in [4.69, 9.17) is 4.99 Å². The van der Waals surface area contributed by atoms with E-state index in [1.165, 1.54) is 11.6 Å². The van der Waals surface area contributed by atoms with Gasteiger partial charge in [-0.1, -0.05) is 35.1 Å². The average molecular weight is 379 g/mol. The third kappa shape index (κ3) is 3.01. The van der Waals surface area contributed by atoms with Gasteiger partial charge in [-0.25, -0.2) is 5.43 Å². The molecule has 4 rings (SSSR count). The lowest BCUT2D eigenvalue weighted by Gasteiger charge is -2.31. The fraction of sp³-hybridized carbons (Fsp3) is 0.263. The van der Waals surface area contributed by atoms with Gasteiger partial charge in [0.1, 0.15) is 5.92 Å². The highest BCUT2D eigenvalue weighted by molar-refractivity contribution is 7.17. The standard InChI is InChI=1S/C19H17N5O2S/c1-11-3-4-14(12(2)7-11)16-8-15(17-5-6-18(27-17)24(25)26)22-19-13(9-20)10-21-23(16)19/h3-8,13,19,21H,10H2,1-2H3. The summed E-state index contributed by atoms with van der Waals surface area (Å²) in [6, 6.07) is 11.8. The average Bonchev–Trinajstić information content (AvgIpc) is 3.28. The third-order valence-electron chi connectivity index (χ3n) is 4.76. The Hall–Kier alpha value is -3.02. The number of nitrogens with one attached hydrogen (secondary N) is 1. The van der Waals surface area contributed by atoms with Gasteiger partial charge in [0.05, 0.1) is 27.3 Å². The quantitative estimate of drug-likeness (QED) is 0.651. The van der Waals surface area contributed by atoms with E-state index in [2.05, 4.69) is 36.6 Å². The molecule has 2 aliphatic rings. The first kappa shape index (κ1) is 17.4. The second-order valence-electron chi connectivity index (χ2n) is 6.64. The van der Waals surface area contributed by atoms with Gasteiger partial charge in [0.25, 0.3) is 0 Å². The minimum Gasteiger partial charge on any atom is -0.282 e. The smallest absolute Gasteiger partial charge is 0.282 e. The Bertz CT molecular complexity index is 1030. The number of benzene rings is 1. The van der Waals surface area contributed by atoms with Crippen molar-refractivity contribution >= 4 is 27.7 Å². The van der Waals surface area contributed by atoms with Crippen molar-refractivity contribution in [3.05, 3.63) is 68.1 Å². The zero-order valence-electron chi connectivity index (χ0n) is 14.8. The molecule has 1 aromatic heterocycles. The molecule has 0 aliphatic carbocycles. The van der Waals surface area contributed by atoms with Gasteiger partial charge in [0.2, 0.25) is 0 Å². The number of thiophene rings is 1. The van der Waals surface area contributed by atoms with E-state index in [-0.39, 0.29) is 17.1 Å². The molecule has 2 aromatic rings. The van der Waals surface area contributed by atoms with Crippen molar-refractivity contribution in [3.8, 4) is 6.07 Å². The Morgan fingerprint density at radius 3 is 2.85 bits per heavy atom. The second-order valence-corrected chi connectivity index (χ2v) is 7.70. The predicted octanol–water partition coefficient (Wildman–Crippen LogP) is 3.40. The highest BCUT2D eigenvalue weighted by atomic mass is 32.1. The third-order valence-corrected chi connectivity index (χ3v) is 5.82. The topological polar surface area (TPSA) is 94.6 Å². The number of hydrogen-bond acceptors (Lipinski definition) is 7. The summed E-state index contributed by atoms with van der Waals surface area (Å²) in [4.78, 5) is 16.1. The molecule has 3 heterocycles. The van der Waals surface area contributed by atoms with Gasteiger partial charge in [-0.15, -0.1) is 0 Å². The van der Waals surface area contributed by atoms with Crippen LogP contribution in [0.25, 0.3) is 5.70 Å². The van der Waals surface area contributed by atoms with Crippen LogP contribution in [0.15, 0.2) is 41.4 Å². The first-order chi connectivity index (χ1) is 13.0. The van der Waals surface area contributed by atoms with Crippen molar-refractivity contribution in [2.75, 3.05) is 6.54 Å². The fourth-order valence-corrected chi connectivity index (χ4v) is 4.24. The molecule has 2 atom stereocenters. The van der Waals surface area contributed by atoms with Crippen molar-refractivity contribution in [2.24, 2.45) is 10.9 Å². The number of aryl methyl sites for hydroxylation is 2. The lowest BCUT2D eigenvalue weighted by atomic mass is 9.99. The molecular weight excluding hydrogens is 362 g/mol. The number of aliphatic imine (C=N–C) groups is 1. The van der Waals surface area contributed by atoms with E-state index in [9.17, 15) is 15.4 Å². The number of nitrogens with zero attached hydrogens (tertiary/aromatic N) is 4. The van der Waals surface area contributed by atoms with Crippen molar-refractivity contribution in [1.82, 2.24) is 10.4 Å². The van der Waals surface area contributed by atoms with Crippen LogP contribution in [-0.4, -0.2) is 28.4 Å². The molecule has 1 saturated heterocycles. The summed E-state index contributed by atoms with van der Waals surface area (Å²) in [5, 5.41) is 22.6. The number of hydrogen-bond donors (Lipinski definition) is 1. The first-order valence-electron chi connectivity index (χ1n) is 8.52. The van der Waals surface area contributed by atoms with Crippen LogP contribution in [0, 0.1) is 41.2 Å². The molecule has 8 heteroatoms. The Morgan fingerprint density at radius 2 is 2.19 bits per heavy atom. The molecule has 27 heavy (non-hydrogen) atoms. The Morgan fingerprint density at radius 1 is 1.37 bits per heavy atom. The molecule has 0 spiro atoms. The van der Waals surface area contributed by atoms with E-state index >= 15 is 0 Å². The van der Waals surface area contributed by atoms with Crippen molar-refractivity contribution in [2.45, 2.75) is 20.0 Å². The summed E-state index contributed by atoms with van der Waals surface area (Å²) in [5.74, 6) is -0.288. The Kier molecular flexibility index (Phi) is 4.26. The van der Waals surface area contributed by atoms with Crippen LogP contribution >= 0.6 is 11.3 Å². The summed E-state index contributed by atoms with van der Waals surface area (Å²) in [6.07, 6.45) is 1.59. The van der Waals surface area contributed by atoms with E-state index in [1.807, 2.05) is 18.0 Å². The van der Waals surface area contributed by atoms with Gasteiger partial charge < -0.3 is 0 Å². The predicted molar refractivity (Wildman–Crippen MR) is 104 cm³/mol. The van der Waals surface area contributed by atoms with Gasteiger partial charge in [-0.05, 0) is 31.6 Å². The summed E-state index contributed by atoms with van der Waals surface area (Å²) in [7, 11) is 0. The largest absolute Gasteiger partial charge is 0.324 e. The van der Waals surface area contributed by atoms with Crippen LogP contribution in [0.1, 0.15) is 21.6 Å². The van der Waals surface area contributed by atoms with Gasteiger partial charge in [0.15, 0.2) is 6.17 Å². The van der Waals surface area contributed by atoms with Crippen LogP contribution in [0.5, 0.6) is 0 Å². The normalized spacial score (nSPS) is 21.3. The summed E-state index contributed by atoms with van der Waals surface area (Å²) >= 11 is 1.10. The van der Waals surface area contributed by atoms with E-state index < -0.39 is 4.92 Å². The minimum absolute atomic E-state index is 0.0815. The molecule has 0 radical (unpaired) electrons. The molecule has 1 fully saturated rings. The monoisotopic (exact) mass is 379 g/mol. The maximum absolute atomic E-state index is 11.0. The van der Waals surface area contributed by atoms with Crippen molar-refractivity contribution in [3.63, 3.8) is 0 Å². The van der Waals surface area contributed by atoms with Crippen LogP contribution in [0.4, 0.5) is 5.00 Å². The highest BCUT2D eigenvalue weighted by Gasteiger charge is 2.39. The van der Waals surface area contributed by atoms with Crippen LogP contribution in [0.2, 0.25) is 0 Å². The maximum Gasteiger partial charge on any atom is 0.324 e. The number of nitro groups is 1. The highest BCUT2D eigenvalue weighted by Crippen LogP contribution is 2.35. The van der Waals surface area contributed by atoms with Gasteiger partial charge in [-0.3, -0.25) is 20.1 Å². The van der Waals surface area contributed by atoms with Crippen LogP contribution < -0.4 is 5.43 Å². The minimum atomic E-state index is -0.395. The van der Waals surface area contributed by atoms with Gasteiger partial charge >= 0.3 is 5.00 Å². The number of rotatable bonds is 3. The summed E-state index contributed by atoms with van der Waals surface area (Å²) < 4.78 is 0. The van der Waals surface area contributed by atoms with Gasteiger partial charge in [-0.2, -0.15) is 5.26 Å². The van der Waals surface area contributed by atoms with Gasteiger partial charge in [0, 0.05) is 18.2 Å². The maximum atomic E-state index is 11.0. The number of fused-ring (bicyclic) bond motifs is 1. The fourth-order valence-electron chi connectivity index (χ4n) is 3.45. The number of allylic oxidation sites excluding steroid dienone is 1. The summed E-state index contributed by atoms with van der Waals surface area (Å²) in [6.45, 7) is 4.62. The molecule has 0 amide bonds. The lowest BCUT2D eigenvalue weighted by Crippen LogP contribution is -2.39. The molecule has 7 nitrogen and oxygen atoms in total. The zero-order valence-corrected chi connectivity index (χ0v) is 15.7. The van der Waals surface area contributed by atoms with Crippen molar-refractivity contribution < 1.29 is 4.92 Å². The van der Waals surface area contributed by atoms with E-state index in [0.29, 0.717) is 12.3 Å². The Balaban J connectivity index is 1.83. The molecule has 1 N–H and O–H groups in total. The van der Waals surface area contributed by atoms with Crippen LogP contribution in [-0.2, 0) is 0 Å². The lowest BCUT2D eigenvalue weighted by molar-refractivity contribution is -0.380. The first-order valence-corrected chi connectivity index (χ1v) is 9.33. The molecule has 2 aliphatic heterocycles. The molecule has 136 valence electrons. The second kappa shape index (κ2) is 6.61. The zero-order chi connectivity index (χ0) is 19.1. The summed E-state index contributed by atoms with van der Waals surface area (Å²) in [5.41, 5.74) is 8.23. The molecule has 0 bridgehead atoms. The van der Waals surface area contributed by atoms with E-state index in [1.54, 1.807) is 6.07 Å². The molecular formula is C19H17N5O2S. The van der Waals surface area contributed by atoms with E-state index in [0.717, 1.165) is 33.0 Å². The van der Waals surface area contributed by atoms with Crippen molar-refractivity contribution in [1.29, 1.82) is 5.26 Å². The molecule has 2 unspecified atom stereocenters. The number of hydrazine groups is 1. The molecule has 1 aromatic carbocycles. The SMILES string of the molecule is Cc1ccc(C2=CC(c3ccc([N+](=O)[O-])s3)=NC3C(C#N)CNN23)c(C)c1. The molecule has 0 saturated carbocycles.